The maximum atomic E-state index is 5.95. The predicted molar refractivity (Wildman–Crippen MR) is 118 cm³/mol. The highest BCUT2D eigenvalue weighted by molar-refractivity contribution is 9.10. The third-order valence-electron chi connectivity index (χ3n) is 4.39. The van der Waals surface area contributed by atoms with E-state index < -0.39 is 0 Å². The van der Waals surface area contributed by atoms with Gasteiger partial charge in [-0.1, -0.05) is 70.0 Å². The molecule has 0 aliphatic heterocycles. The maximum Gasteiger partial charge on any atom is 0.162 e. The molecular formula is C23H23BrClNO2. The first-order valence-electron chi connectivity index (χ1n) is 9.14. The van der Waals surface area contributed by atoms with Crippen molar-refractivity contribution < 1.29 is 9.47 Å². The molecule has 0 unspecified atom stereocenters. The van der Waals surface area contributed by atoms with E-state index in [1.54, 1.807) is 7.11 Å². The van der Waals surface area contributed by atoms with Gasteiger partial charge in [-0.2, -0.15) is 0 Å². The summed E-state index contributed by atoms with van der Waals surface area (Å²) in [4.78, 5) is 0. The summed E-state index contributed by atoms with van der Waals surface area (Å²) in [5.41, 5.74) is 3.51. The van der Waals surface area contributed by atoms with Gasteiger partial charge in [0, 0.05) is 16.0 Å². The van der Waals surface area contributed by atoms with Crippen molar-refractivity contribution in [2.24, 2.45) is 0 Å². The number of benzene rings is 3. The lowest BCUT2D eigenvalue weighted by Crippen LogP contribution is -2.17. The molecule has 0 saturated carbocycles. The Balaban J connectivity index is 1.58. The quantitative estimate of drug-likeness (QED) is 0.396. The molecule has 0 saturated heterocycles. The van der Waals surface area contributed by atoms with Crippen LogP contribution < -0.4 is 14.8 Å². The van der Waals surface area contributed by atoms with E-state index in [0.717, 1.165) is 40.9 Å². The van der Waals surface area contributed by atoms with Crippen molar-refractivity contribution in [3.05, 3.63) is 92.9 Å². The standard InChI is InChI=1S/C23H23BrClNO2/c1-27-22-13-19(15-26-12-11-17-5-3-2-4-6-17)21(24)14-23(22)28-16-18-7-9-20(25)10-8-18/h2-10,13-14,26H,11-12,15-16H2,1H3. The van der Waals surface area contributed by atoms with Gasteiger partial charge in [-0.15, -0.1) is 0 Å². The van der Waals surface area contributed by atoms with Crippen LogP contribution in [0.25, 0.3) is 0 Å². The van der Waals surface area contributed by atoms with E-state index in [0.29, 0.717) is 17.4 Å². The Hall–Kier alpha value is -2.01. The zero-order valence-corrected chi connectivity index (χ0v) is 18.1. The second kappa shape index (κ2) is 10.5. The van der Waals surface area contributed by atoms with E-state index >= 15 is 0 Å². The molecule has 3 nitrogen and oxygen atoms in total. The minimum Gasteiger partial charge on any atom is -0.493 e. The van der Waals surface area contributed by atoms with Gasteiger partial charge in [-0.3, -0.25) is 0 Å². The molecule has 0 aliphatic carbocycles. The number of hydrogen-bond donors (Lipinski definition) is 1. The molecule has 0 radical (unpaired) electrons. The fraction of sp³-hybridized carbons (Fsp3) is 0.217. The Kier molecular flexibility index (Phi) is 7.78. The highest BCUT2D eigenvalue weighted by Crippen LogP contribution is 2.34. The summed E-state index contributed by atoms with van der Waals surface area (Å²) in [7, 11) is 1.66. The lowest BCUT2D eigenvalue weighted by Gasteiger charge is -2.15. The number of rotatable bonds is 9. The van der Waals surface area contributed by atoms with Crippen LogP contribution in [-0.4, -0.2) is 13.7 Å². The summed E-state index contributed by atoms with van der Waals surface area (Å²) in [6.07, 6.45) is 0.998. The van der Waals surface area contributed by atoms with Crippen molar-refractivity contribution in [3.8, 4) is 11.5 Å². The average Bonchev–Trinajstić information content (AvgIpc) is 2.72. The summed E-state index contributed by atoms with van der Waals surface area (Å²) < 4.78 is 12.5. The topological polar surface area (TPSA) is 30.5 Å². The third kappa shape index (κ3) is 5.99. The van der Waals surface area contributed by atoms with E-state index in [1.807, 2.05) is 42.5 Å². The second-order valence-electron chi connectivity index (χ2n) is 6.42. The van der Waals surface area contributed by atoms with E-state index in [2.05, 4.69) is 45.5 Å². The number of methoxy groups -OCH3 is 1. The molecule has 0 aliphatic rings. The third-order valence-corrected chi connectivity index (χ3v) is 5.38. The molecule has 0 atom stereocenters. The van der Waals surface area contributed by atoms with Crippen molar-refractivity contribution in [2.45, 2.75) is 19.6 Å². The minimum absolute atomic E-state index is 0.453. The lowest BCUT2D eigenvalue weighted by molar-refractivity contribution is 0.284. The molecule has 1 N–H and O–H groups in total. The Bertz CT molecular complexity index is 885. The van der Waals surface area contributed by atoms with E-state index in [9.17, 15) is 0 Å². The molecule has 28 heavy (non-hydrogen) atoms. The molecule has 5 heteroatoms. The summed E-state index contributed by atoms with van der Waals surface area (Å²) in [6, 6.07) is 22.1. The van der Waals surface area contributed by atoms with Gasteiger partial charge in [0.25, 0.3) is 0 Å². The lowest BCUT2D eigenvalue weighted by atomic mass is 10.1. The van der Waals surface area contributed by atoms with Crippen molar-refractivity contribution >= 4 is 27.5 Å². The van der Waals surface area contributed by atoms with Crippen LogP contribution in [0, 0.1) is 0 Å². The zero-order valence-electron chi connectivity index (χ0n) is 15.8. The van der Waals surface area contributed by atoms with Crippen LogP contribution in [0.4, 0.5) is 0 Å². The Labute approximate surface area is 179 Å². The van der Waals surface area contributed by atoms with Gasteiger partial charge in [0.1, 0.15) is 6.61 Å². The fourth-order valence-electron chi connectivity index (χ4n) is 2.83. The molecule has 3 rings (SSSR count). The summed E-state index contributed by atoms with van der Waals surface area (Å²) in [6.45, 7) is 2.11. The maximum absolute atomic E-state index is 5.95. The van der Waals surface area contributed by atoms with Crippen LogP contribution >= 0.6 is 27.5 Å². The molecule has 0 heterocycles. The largest absolute Gasteiger partial charge is 0.493 e. The minimum atomic E-state index is 0.453. The highest BCUT2D eigenvalue weighted by atomic mass is 79.9. The van der Waals surface area contributed by atoms with Crippen LogP contribution in [0.2, 0.25) is 5.02 Å². The van der Waals surface area contributed by atoms with E-state index in [-0.39, 0.29) is 0 Å². The predicted octanol–water partition coefficient (Wildman–Crippen LogP) is 6.02. The second-order valence-corrected chi connectivity index (χ2v) is 7.71. The van der Waals surface area contributed by atoms with E-state index in [1.165, 1.54) is 5.56 Å². The van der Waals surface area contributed by atoms with Crippen LogP contribution in [0.15, 0.2) is 71.2 Å². The molecule has 0 aromatic heterocycles. The SMILES string of the molecule is COc1cc(CNCCc2ccccc2)c(Br)cc1OCc1ccc(Cl)cc1. The first-order valence-corrected chi connectivity index (χ1v) is 10.3. The van der Waals surface area contributed by atoms with Crippen molar-refractivity contribution in [2.75, 3.05) is 13.7 Å². The van der Waals surface area contributed by atoms with E-state index in [4.69, 9.17) is 21.1 Å². The summed E-state index contributed by atoms with van der Waals surface area (Å²) in [5.74, 6) is 1.43. The highest BCUT2D eigenvalue weighted by Gasteiger charge is 2.11. The normalized spacial score (nSPS) is 10.7. The number of nitrogens with one attached hydrogen (secondary N) is 1. The molecular weight excluding hydrogens is 438 g/mol. The van der Waals surface area contributed by atoms with Gasteiger partial charge in [0.2, 0.25) is 0 Å². The number of ether oxygens (including phenoxy) is 2. The Morgan fingerprint density at radius 3 is 2.39 bits per heavy atom. The Morgan fingerprint density at radius 1 is 0.929 bits per heavy atom. The first kappa shape index (κ1) is 20.7. The first-order chi connectivity index (χ1) is 13.7. The van der Waals surface area contributed by atoms with Crippen molar-refractivity contribution in [1.82, 2.24) is 5.32 Å². The van der Waals surface area contributed by atoms with Crippen LogP contribution in [0.1, 0.15) is 16.7 Å². The number of halogens is 2. The number of hydrogen-bond acceptors (Lipinski definition) is 3. The van der Waals surface area contributed by atoms with Crippen LogP contribution in [-0.2, 0) is 19.6 Å². The molecule has 0 bridgehead atoms. The fourth-order valence-corrected chi connectivity index (χ4v) is 3.42. The smallest absolute Gasteiger partial charge is 0.162 e. The van der Waals surface area contributed by atoms with Crippen molar-refractivity contribution in [1.29, 1.82) is 0 Å². The monoisotopic (exact) mass is 459 g/mol. The average molecular weight is 461 g/mol. The van der Waals surface area contributed by atoms with Gasteiger partial charge in [0.15, 0.2) is 11.5 Å². The van der Waals surface area contributed by atoms with Crippen LogP contribution in [0.5, 0.6) is 11.5 Å². The Morgan fingerprint density at radius 2 is 1.68 bits per heavy atom. The van der Waals surface area contributed by atoms with Crippen molar-refractivity contribution in [3.63, 3.8) is 0 Å². The van der Waals surface area contributed by atoms with Crippen LogP contribution in [0.3, 0.4) is 0 Å². The molecule has 0 amide bonds. The molecule has 0 spiro atoms. The molecule has 3 aromatic rings. The van der Waals surface area contributed by atoms with Gasteiger partial charge in [-0.25, -0.2) is 0 Å². The van der Waals surface area contributed by atoms with Gasteiger partial charge in [0.05, 0.1) is 7.11 Å². The van der Waals surface area contributed by atoms with Gasteiger partial charge >= 0.3 is 0 Å². The summed E-state index contributed by atoms with van der Waals surface area (Å²) >= 11 is 9.58. The zero-order chi connectivity index (χ0) is 19.8. The molecule has 3 aromatic carbocycles. The van der Waals surface area contributed by atoms with Gasteiger partial charge in [-0.05, 0) is 53.9 Å². The van der Waals surface area contributed by atoms with Gasteiger partial charge < -0.3 is 14.8 Å². The molecule has 0 fully saturated rings. The molecule has 146 valence electrons. The summed E-state index contributed by atoms with van der Waals surface area (Å²) in [5, 5.41) is 4.20.